The zero-order chi connectivity index (χ0) is 22.4. The van der Waals surface area contributed by atoms with E-state index < -0.39 is 0 Å². The van der Waals surface area contributed by atoms with E-state index in [2.05, 4.69) is 41.2 Å². The Morgan fingerprint density at radius 2 is 1.52 bits per heavy atom. The molecule has 0 heterocycles. The Morgan fingerprint density at radius 1 is 0.839 bits per heavy atom. The predicted octanol–water partition coefficient (Wildman–Crippen LogP) is 6.61. The van der Waals surface area contributed by atoms with Crippen molar-refractivity contribution in [2.75, 3.05) is 6.61 Å². The zero-order valence-electron chi connectivity index (χ0n) is 20.9. The summed E-state index contributed by atoms with van der Waals surface area (Å²) in [5.74, 6) is 4.29. The number of aliphatic hydroxyl groups is 2. The molecule has 5 aliphatic rings. The van der Waals surface area contributed by atoms with Crippen LogP contribution in [0.25, 0.3) is 0 Å². The van der Waals surface area contributed by atoms with Crippen molar-refractivity contribution in [2.24, 2.45) is 57.2 Å². The van der Waals surface area contributed by atoms with Crippen LogP contribution in [0.15, 0.2) is 12.2 Å². The first-order valence-electron chi connectivity index (χ1n) is 13.5. The summed E-state index contributed by atoms with van der Waals surface area (Å²) in [6.45, 7) is 17.0. The first-order valence-corrected chi connectivity index (χ1v) is 13.5. The summed E-state index contributed by atoms with van der Waals surface area (Å²) in [4.78, 5) is 0. The molecule has 176 valence electrons. The number of allylic oxidation sites excluding steroid dienone is 1. The Bertz CT molecular complexity index is 741. The lowest BCUT2D eigenvalue weighted by Crippen LogP contribution is -2.63. The Hall–Kier alpha value is -0.340. The van der Waals surface area contributed by atoms with Gasteiger partial charge in [-0.15, -0.1) is 0 Å². The van der Waals surface area contributed by atoms with Gasteiger partial charge < -0.3 is 10.2 Å². The summed E-state index contributed by atoms with van der Waals surface area (Å²) in [5.41, 5.74) is 2.38. The summed E-state index contributed by atoms with van der Waals surface area (Å²) >= 11 is 0. The average Bonchev–Trinajstić information content (AvgIpc) is 3.11. The van der Waals surface area contributed by atoms with Gasteiger partial charge >= 0.3 is 0 Å². The topological polar surface area (TPSA) is 40.5 Å². The first-order chi connectivity index (χ1) is 14.5. The summed E-state index contributed by atoms with van der Waals surface area (Å²) < 4.78 is 0. The van der Waals surface area contributed by atoms with Crippen molar-refractivity contribution < 1.29 is 10.2 Å². The fraction of sp³-hybridized carbons (Fsp3) is 0.931. The van der Waals surface area contributed by atoms with Crippen LogP contribution in [0.5, 0.6) is 0 Å². The van der Waals surface area contributed by atoms with Gasteiger partial charge in [0.05, 0.1) is 6.10 Å². The summed E-state index contributed by atoms with van der Waals surface area (Å²) in [7, 11) is 0. The second-order valence-electron chi connectivity index (χ2n) is 14.0. The fourth-order valence-electron chi connectivity index (χ4n) is 11.2. The molecule has 0 radical (unpaired) electrons. The minimum absolute atomic E-state index is 0.0420. The van der Waals surface area contributed by atoms with Crippen LogP contribution in [0.2, 0.25) is 0 Å². The van der Waals surface area contributed by atoms with E-state index in [0.29, 0.717) is 35.2 Å². The third-order valence-electron chi connectivity index (χ3n) is 12.7. The highest BCUT2D eigenvalue weighted by Gasteiger charge is 2.67. The minimum Gasteiger partial charge on any atom is -0.396 e. The van der Waals surface area contributed by atoms with E-state index in [1.807, 2.05) is 0 Å². The second-order valence-corrected chi connectivity index (χ2v) is 14.0. The molecule has 0 saturated heterocycles. The molecule has 0 aromatic heterocycles. The molecular weight excluding hydrogens is 380 g/mol. The van der Waals surface area contributed by atoms with Crippen LogP contribution in [-0.4, -0.2) is 22.9 Å². The fourth-order valence-corrected chi connectivity index (χ4v) is 11.2. The number of hydrogen-bond acceptors (Lipinski definition) is 2. The Labute approximate surface area is 191 Å². The standard InChI is InChI=1S/C29H48O2/c1-18(2)19-9-15-29(17-30)16-10-21-20(25(19)29)7-8-23-27(21,5)13-11-22-26(3,4)24(31)12-14-28(22,23)6/h19-25,30-31H,1,7-17H2,2-6H3/t19?,20-,21?,22?,23?,24-,25?,27-,28-,29+/m0/s1. The Balaban J connectivity index is 1.50. The van der Waals surface area contributed by atoms with Crippen LogP contribution in [0.3, 0.4) is 0 Å². The van der Waals surface area contributed by atoms with E-state index in [1.54, 1.807) is 0 Å². The van der Waals surface area contributed by atoms with Crippen LogP contribution in [0, 0.1) is 57.2 Å². The van der Waals surface area contributed by atoms with Gasteiger partial charge in [-0.25, -0.2) is 0 Å². The largest absolute Gasteiger partial charge is 0.396 e. The van der Waals surface area contributed by atoms with Crippen molar-refractivity contribution in [3.05, 3.63) is 12.2 Å². The molecule has 5 fully saturated rings. The van der Waals surface area contributed by atoms with Crippen LogP contribution in [-0.2, 0) is 0 Å². The van der Waals surface area contributed by atoms with Crippen LogP contribution in [0.4, 0.5) is 0 Å². The number of aliphatic hydroxyl groups excluding tert-OH is 2. The minimum atomic E-state index is -0.138. The molecule has 0 aromatic rings. The highest BCUT2D eigenvalue weighted by molar-refractivity contribution is 5.18. The molecule has 0 aliphatic heterocycles. The maximum Gasteiger partial charge on any atom is 0.0594 e. The maximum absolute atomic E-state index is 10.8. The molecule has 0 spiro atoms. The molecule has 10 atom stereocenters. The van der Waals surface area contributed by atoms with Gasteiger partial charge in [-0.3, -0.25) is 0 Å². The molecule has 0 aromatic carbocycles. The smallest absolute Gasteiger partial charge is 0.0594 e. The van der Waals surface area contributed by atoms with Crippen LogP contribution in [0.1, 0.15) is 98.8 Å². The van der Waals surface area contributed by atoms with Gasteiger partial charge in [-0.1, -0.05) is 39.8 Å². The molecule has 0 bridgehead atoms. The van der Waals surface area contributed by atoms with Gasteiger partial charge in [0.25, 0.3) is 0 Å². The monoisotopic (exact) mass is 428 g/mol. The van der Waals surface area contributed by atoms with Crippen LogP contribution >= 0.6 is 0 Å². The molecule has 5 rings (SSSR count). The van der Waals surface area contributed by atoms with Gasteiger partial charge in [0.1, 0.15) is 0 Å². The van der Waals surface area contributed by atoms with Gasteiger partial charge in [-0.2, -0.15) is 0 Å². The Morgan fingerprint density at radius 3 is 2.19 bits per heavy atom. The Kier molecular flexibility index (Phi) is 5.13. The first kappa shape index (κ1) is 22.5. The van der Waals surface area contributed by atoms with E-state index in [4.69, 9.17) is 0 Å². The molecular formula is C29H48O2. The van der Waals surface area contributed by atoms with Gasteiger partial charge in [-0.05, 0) is 128 Å². The molecule has 5 unspecified atom stereocenters. The van der Waals surface area contributed by atoms with Crippen molar-refractivity contribution in [1.82, 2.24) is 0 Å². The van der Waals surface area contributed by atoms with Crippen molar-refractivity contribution in [2.45, 2.75) is 105 Å². The van der Waals surface area contributed by atoms with Gasteiger partial charge in [0.15, 0.2) is 0 Å². The van der Waals surface area contributed by atoms with Crippen molar-refractivity contribution in [1.29, 1.82) is 0 Å². The van der Waals surface area contributed by atoms with Gasteiger partial charge in [0, 0.05) is 6.61 Å². The molecule has 2 nitrogen and oxygen atoms in total. The second kappa shape index (κ2) is 7.08. The van der Waals surface area contributed by atoms with E-state index in [-0.39, 0.29) is 16.9 Å². The molecule has 5 aliphatic carbocycles. The molecule has 31 heavy (non-hydrogen) atoms. The molecule has 0 amide bonds. The predicted molar refractivity (Wildman–Crippen MR) is 127 cm³/mol. The SMILES string of the molecule is C=C(C)C1CC[C@]2(CO)CCC3[C@H](CCC4[C@@]3(C)CCC3C(C)(C)[C@@H](O)CC[C@@]34C)C12. The van der Waals surface area contributed by atoms with E-state index >= 15 is 0 Å². The normalized spacial score (nSPS) is 55.5. The van der Waals surface area contributed by atoms with Crippen molar-refractivity contribution in [3.63, 3.8) is 0 Å². The van der Waals surface area contributed by atoms with Crippen LogP contribution < -0.4 is 0 Å². The summed E-state index contributed by atoms with van der Waals surface area (Å²) in [5, 5.41) is 21.4. The average molecular weight is 429 g/mol. The highest BCUT2D eigenvalue weighted by atomic mass is 16.3. The number of rotatable bonds is 2. The summed E-state index contributed by atoms with van der Waals surface area (Å²) in [6, 6.07) is 0. The van der Waals surface area contributed by atoms with E-state index in [9.17, 15) is 10.2 Å². The third kappa shape index (κ3) is 2.82. The maximum atomic E-state index is 10.8. The van der Waals surface area contributed by atoms with E-state index in [1.165, 1.54) is 63.4 Å². The van der Waals surface area contributed by atoms with Gasteiger partial charge in [0.2, 0.25) is 0 Å². The number of fused-ring (bicyclic) bond motifs is 7. The number of hydrogen-bond donors (Lipinski definition) is 2. The molecule has 2 heteroatoms. The lowest BCUT2D eigenvalue weighted by atomic mass is 9.36. The van der Waals surface area contributed by atoms with Crippen molar-refractivity contribution in [3.8, 4) is 0 Å². The van der Waals surface area contributed by atoms with E-state index in [0.717, 1.165) is 24.2 Å². The van der Waals surface area contributed by atoms with Crippen molar-refractivity contribution >= 4 is 0 Å². The molecule has 5 saturated carbocycles. The molecule has 2 N–H and O–H groups in total. The quantitative estimate of drug-likeness (QED) is 0.486. The third-order valence-corrected chi connectivity index (χ3v) is 12.7. The lowest BCUT2D eigenvalue weighted by molar-refractivity contribution is -0.217. The lowest BCUT2D eigenvalue weighted by Gasteiger charge is -2.69. The zero-order valence-corrected chi connectivity index (χ0v) is 20.9. The highest BCUT2D eigenvalue weighted by Crippen LogP contribution is 2.73. The summed E-state index contributed by atoms with van der Waals surface area (Å²) in [6.07, 6.45) is 12.4.